The monoisotopic (exact) mass is 310 g/mol. The summed E-state index contributed by atoms with van der Waals surface area (Å²) >= 11 is 1.61. The number of carbonyl (C=O) groups is 2. The predicted molar refractivity (Wildman–Crippen MR) is 84.0 cm³/mol. The highest BCUT2D eigenvalue weighted by molar-refractivity contribution is 7.98. The zero-order chi connectivity index (χ0) is 15.8. The Balaban J connectivity index is 2.42. The summed E-state index contributed by atoms with van der Waals surface area (Å²) in [6.45, 7) is 4.35. The number of aliphatic hydroxyl groups is 1. The number of thioether (sulfide) groups is 1. The number of hydrogen-bond donors (Lipinski definition) is 3. The lowest BCUT2D eigenvalue weighted by Crippen LogP contribution is -2.42. The number of amides is 2. The van der Waals surface area contributed by atoms with E-state index in [1.54, 1.807) is 11.8 Å². The lowest BCUT2D eigenvalue weighted by Gasteiger charge is -2.13. The molecule has 5 nitrogen and oxygen atoms in total. The molecule has 2 amide bonds. The molecule has 0 heterocycles. The molecular formula is C15H22N2O3S. The minimum absolute atomic E-state index is 0.00649. The van der Waals surface area contributed by atoms with Crippen LogP contribution in [-0.2, 0) is 9.59 Å². The van der Waals surface area contributed by atoms with E-state index in [-0.39, 0.29) is 12.5 Å². The van der Waals surface area contributed by atoms with E-state index in [0.717, 1.165) is 4.90 Å². The van der Waals surface area contributed by atoms with Gasteiger partial charge in [-0.15, -0.1) is 11.8 Å². The maximum Gasteiger partial charge on any atom is 0.309 e. The Bertz CT molecular complexity index is 474. The first-order valence-electron chi connectivity index (χ1n) is 6.82. The Morgan fingerprint density at radius 2 is 1.62 bits per heavy atom. The van der Waals surface area contributed by atoms with Gasteiger partial charge in [-0.05, 0) is 29.9 Å². The van der Waals surface area contributed by atoms with Gasteiger partial charge in [0.2, 0.25) is 0 Å². The molecule has 0 aliphatic carbocycles. The number of carbonyl (C=O) groups excluding carboxylic acids is 2. The second-order valence-corrected chi connectivity index (χ2v) is 5.98. The topological polar surface area (TPSA) is 78.4 Å². The standard InChI is InChI=1S/C15H22N2O3S/c1-10(2)8-16-14(19)15(20)17-9-13(18)11-4-6-12(21-3)7-5-11/h4-7,10,13,18H,8-9H2,1-3H3,(H,16,19)(H,17,20). The van der Waals surface area contributed by atoms with Crippen molar-refractivity contribution in [2.45, 2.75) is 24.8 Å². The third-order valence-corrected chi connectivity index (χ3v) is 3.58. The van der Waals surface area contributed by atoms with Crippen molar-refractivity contribution in [3.05, 3.63) is 29.8 Å². The second-order valence-electron chi connectivity index (χ2n) is 5.10. The highest BCUT2D eigenvalue weighted by Gasteiger charge is 2.15. The fourth-order valence-corrected chi connectivity index (χ4v) is 2.00. The molecule has 1 atom stereocenters. The van der Waals surface area contributed by atoms with Gasteiger partial charge in [0.05, 0.1) is 6.10 Å². The highest BCUT2D eigenvalue weighted by Crippen LogP contribution is 2.18. The van der Waals surface area contributed by atoms with Gasteiger partial charge in [0.25, 0.3) is 0 Å². The van der Waals surface area contributed by atoms with Crippen molar-refractivity contribution in [1.82, 2.24) is 10.6 Å². The average molecular weight is 310 g/mol. The molecule has 0 fully saturated rings. The van der Waals surface area contributed by atoms with Gasteiger partial charge >= 0.3 is 11.8 Å². The van der Waals surface area contributed by atoms with E-state index in [1.165, 1.54) is 0 Å². The van der Waals surface area contributed by atoms with E-state index in [9.17, 15) is 14.7 Å². The quantitative estimate of drug-likeness (QED) is 0.547. The van der Waals surface area contributed by atoms with Gasteiger partial charge in [-0.1, -0.05) is 26.0 Å². The molecule has 3 N–H and O–H groups in total. The number of benzene rings is 1. The summed E-state index contributed by atoms with van der Waals surface area (Å²) in [4.78, 5) is 24.1. The van der Waals surface area contributed by atoms with Crippen LogP contribution in [0.15, 0.2) is 29.2 Å². The van der Waals surface area contributed by atoms with Crippen LogP contribution >= 0.6 is 11.8 Å². The molecule has 1 unspecified atom stereocenters. The van der Waals surface area contributed by atoms with Crippen molar-refractivity contribution >= 4 is 23.6 Å². The molecule has 1 rings (SSSR count). The molecule has 0 bridgehead atoms. The lowest BCUT2D eigenvalue weighted by molar-refractivity contribution is -0.139. The third-order valence-electron chi connectivity index (χ3n) is 2.83. The fraction of sp³-hybridized carbons (Fsp3) is 0.467. The summed E-state index contributed by atoms with van der Waals surface area (Å²) in [5.74, 6) is -1.12. The molecule has 0 aliphatic rings. The zero-order valence-corrected chi connectivity index (χ0v) is 13.4. The van der Waals surface area contributed by atoms with E-state index in [2.05, 4.69) is 10.6 Å². The van der Waals surface area contributed by atoms with Crippen LogP contribution in [-0.4, -0.2) is 36.3 Å². The summed E-state index contributed by atoms with van der Waals surface area (Å²) in [7, 11) is 0. The maximum absolute atomic E-state index is 11.6. The Hall–Kier alpha value is -1.53. The molecule has 0 aliphatic heterocycles. The molecule has 116 valence electrons. The first-order chi connectivity index (χ1) is 9.93. The van der Waals surface area contributed by atoms with Crippen LogP contribution in [0.2, 0.25) is 0 Å². The summed E-state index contributed by atoms with van der Waals surface area (Å²) in [6, 6.07) is 7.42. The molecule has 0 radical (unpaired) electrons. The van der Waals surface area contributed by atoms with E-state index in [1.807, 2.05) is 44.4 Å². The molecule has 21 heavy (non-hydrogen) atoms. The van der Waals surface area contributed by atoms with E-state index in [0.29, 0.717) is 12.1 Å². The van der Waals surface area contributed by atoms with Crippen LogP contribution in [0.1, 0.15) is 25.5 Å². The van der Waals surface area contributed by atoms with Crippen molar-refractivity contribution in [2.24, 2.45) is 5.92 Å². The van der Waals surface area contributed by atoms with Crippen LogP contribution < -0.4 is 10.6 Å². The van der Waals surface area contributed by atoms with E-state index in [4.69, 9.17) is 0 Å². The zero-order valence-electron chi connectivity index (χ0n) is 12.6. The lowest BCUT2D eigenvalue weighted by atomic mass is 10.1. The Morgan fingerprint density at radius 1 is 1.10 bits per heavy atom. The molecule has 0 spiro atoms. The first kappa shape index (κ1) is 17.5. The molecular weight excluding hydrogens is 288 g/mol. The van der Waals surface area contributed by atoms with Crippen molar-refractivity contribution in [2.75, 3.05) is 19.3 Å². The summed E-state index contributed by atoms with van der Waals surface area (Å²) < 4.78 is 0. The minimum atomic E-state index is -0.831. The van der Waals surface area contributed by atoms with Crippen LogP contribution in [0, 0.1) is 5.92 Å². The molecule has 1 aromatic rings. The number of hydrogen-bond acceptors (Lipinski definition) is 4. The third kappa shape index (κ3) is 6.18. The second kappa shape index (κ2) is 8.69. The Labute approximate surface area is 129 Å². The van der Waals surface area contributed by atoms with Gasteiger partial charge in [0, 0.05) is 18.0 Å². The van der Waals surface area contributed by atoms with Gasteiger partial charge in [-0.25, -0.2) is 0 Å². The van der Waals surface area contributed by atoms with Crippen LogP contribution in [0.25, 0.3) is 0 Å². The molecule has 0 saturated carbocycles. The highest BCUT2D eigenvalue weighted by atomic mass is 32.2. The Morgan fingerprint density at radius 3 is 2.10 bits per heavy atom. The molecule has 0 saturated heterocycles. The maximum atomic E-state index is 11.6. The first-order valence-corrected chi connectivity index (χ1v) is 8.04. The molecule has 6 heteroatoms. The number of aliphatic hydroxyl groups excluding tert-OH is 1. The summed E-state index contributed by atoms with van der Waals surface area (Å²) in [5, 5.41) is 14.9. The minimum Gasteiger partial charge on any atom is -0.387 e. The molecule has 1 aromatic carbocycles. The van der Waals surface area contributed by atoms with Crippen LogP contribution in [0.3, 0.4) is 0 Å². The van der Waals surface area contributed by atoms with Crippen molar-refractivity contribution in [1.29, 1.82) is 0 Å². The van der Waals surface area contributed by atoms with Crippen molar-refractivity contribution < 1.29 is 14.7 Å². The van der Waals surface area contributed by atoms with E-state index >= 15 is 0 Å². The predicted octanol–water partition coefficient (Wildman–Crippen LogP) is 1.33. The number of rotatable bonds is 6. The van der Waals surface area contributed by atoms with Gasteiger partial charge in [0.1, 0.15) is 0 Å². The van der Waals surface area contributed by atoms with Crippen molar-refractivity contribution in [3.63, 3.8) is 0 Å². The van der Waals surface area contributed by atoms with Gasteiger partial charge in [-0.2, -0.15) is 0 Å². The van der Waals surface area contributed by atoms with Crippen LogP contribution in [0.5, 0.6) is 0 Å². The van der Waals surface area contributed by atoms with Crippen LogP contribution in [0.4, 0.5) is 0 Å². The normalized spacial score (nSPS) is 12.0. The van der Waals surface area contributed by atoms with E-state index < -0.39 is 17.9 Å². The van der Waals surface area contributed by atoms with Crippen molar-refractivity contribution in [3.8, 4) is 0 Å². The van der Waals surface area contributed by atoms with Gasteiger partial charge < -0.3 is 15.7 Å². The number of nitrogens with one attached hydrogen (secondary N) is 2. The largest absolute Gasteiger partial charge is 0.387 e. The average Bonchev–Trinajstić information content (AvgIpc) is 2.49. The summed E-state index contributed by atoms with van der Waals surface area (Å²) in [6.07, 6.45) is 1.14. The SMILES string of the molecule is CSc1ccc(C(O)CNC(=O)C(=O)NCC(C)C)cc1. The van der Waals surface area contributed by atoms with Gasteiger partial charge in [-0.3, -0.25) is 9.59 Å². The van der Waals surface area contributed by atoms with Gasteiger partial charge in [0.15, 0.2) is 0 Å². The smallest absolute Gasteiger partial charge is 0.309 e. The Kier molecular flexibility index (Phi) is 7.25. The summed E-state index contributed by atoms with van der Waals surface area (Å²) in [5.41, 5.74) is 0.704. The fourth-order valence-electron chi connectivity index (χ4n) is 1.59. The molecule has 0 aromatic heterocycles.